The summed E-state index contributed by atoms with van der Waals surface area (Å²) in [6.45, 7) is 3.45. The van der Waals surface area contributed by atoms with Gasteiger partial charge < -0.3 is 15.1 Å². The molecule has 1 aliphatic rings. The normalized spacial score (nSPS) is 14.3. The summed E-state index contributed by atoms with van der Waals surface area (Å²) in [7, 11) is 0. The van der Waals surface area contributed by atoms with Gasteiger partial charge in [-0.15, -0.1) is 5.10 Å². The number of hydrogen-bond donors (Lipinski definition) is 1. The Morgan fingerprint density at radius 1 is 0.885 bits per heavy atom. The fourth-order valence-corrected chi connectivity index (χ4v) is 3.18. The molecule has 0 bridgehead atoms. The van der Waals surface area contributed by atoms with Crippen LogP contribution in [-0.2, 0) is 0 Å². The molecule has 0 aliphatic carbocycles. The monoisotopic (exact) mass is 366 g/mol. The number of para-hydroxylation sites is 1. The minimum Gasteiger partial charge on any atom is -0.368 e. The molecule has 1 aromatic heterocycles. The number of rotatable bonds is 4. The van der Waals surface area contributed by atoms with Gasteiger partial charge in [-0.1, -0.05) is 35.9 Å². The second-order valence-corrected chi connectivity index (χ2v) is 6.52. The van der Waals surface area contributed by atoms with Gasteiger partial charge >= 0.3 is 0 Å². The maximum atomic E-state index is 6.10. The van der Waals surface area contributed by atoms with Gasteiger partial charge in [-0.05, 0) is 30.3 Å². The lowest BCUT2D eigenvalue weighted by molar-refractivity contribution is 0.635. The summed E-state index contributed by atoms with van der Waals surface area (Å²) in [4.78, 5) is 9.08. The molecule has 0 atom stereocenters. The average Bonchev–Trinajstić information content (AvgIpc) is 2.69. The highest BCUT2D eigenvalue weighted by Gasteiger charge is 2.20. The maximum Gasteiger partial charge on any atom is 0.247 e. The minimum absolute atomic E-state index is 0.650. The Labute approximate surface area is 157 Å². The van der Waals surface area contributed by atoms with E-state index in [-0.39, 0.29) is 0 Å². The van der Waals surface area contributed by atoms with Crippen LogP contribution in [0.3, 0.4) is 0 Å². The van der Waals surface area contributed by atoms with Crippen molar-refractivity contribution < 1.29 is 0 Å². The van der Waals surface area contributed by atoms with Crippen LogP contribution >= 0.6 is 11.6 Å². The highest BCUT2D eigenvalue weighted by atomic mass is 35.5. The van der Waals surface area contributed by atoms with Gasteiger partial charge in [0.1, 0.15) is 0 Å². The van der Waals surface area contributed by atoms with Crippen LogP contribution in [0.15, 0.2) is 60.8 Å². The van der Waals surface area contributed by atoms with Crippen molar-refractivity contribution >= 4 is 34.7 Å². The molecule has 0 radical (unpaired) electrons. The Morgan fingerprint density at radius 2 is 1.65 bits per heavy atom. The molecule has 2 aromatic carbocycles. The quantitative estimate of drug-likeness (QED) is 0.761. The van der Waals surface area contributed by atoms with Crippen LogP contribution < -0.4 is 15.1 Å². The zero-order valence-corrected chi connectivity index (χ0v) is 15.0. The van der Waals surface area contributed by atoms with Crippen LogP contribution in [0.4, 0.5) is 23.1 Å². The van der Waals surface area contributed by atoms with Gasteiger partial charge in [-0.3, -0.25) is 0 Å². The van der Waals surface area contributed by atoms with E-state index in [0.29, 0.717) is 11.8 Å². The summed E-state index contributed by atoms with van der Waals surface area (Å²) in [5.41, 5.74) is 2.13. The number of halogens is 1. The van der Waals surface area contributed by atoms with Gasteiger partial charge in [0.05, 0.1) is 6.20 Å². The van der Waals surface area contributed by atoms with Gasteiger partial charge in [-0.2, -0.15) is 10.1 Å². The van der Waals surface area contributed by atoms with E-state index in [2.05, 4.69) is 36.4 Å². The number of aromatic nitrogens is 3. The summed E-state index contributed by atoms with van der Waals surface area (Å²) < 4.78 is 0. The standard InChI is InChI=1S/C19H19ClN6/c20-15-5-4-8-17(13-15)25-9-11-26(12-10-25)19-23-18(14-21-24-19)22-16-6-2-1-3-7-16/h1-8,13-14H,9-12H2,(H,22,23,24). The van der Waals surface area contributed by atoms with E-state index in [1.54, 1.807) is 6.20 Å². The lowest BCUT2D eigenvalue weighted by Gasteiger charge is -2.36. The molecule has 0 spiro atoms. The maximum absolute atomic E-state index is 6.10. The molecule has 1 N–H and O–H groups in total. The second kappa shape index (κ2) is 7.58. The van der Waals surface area contributed by atoms with Crippen molar-refractivity contribution in [1.82, 2.24) is 15.2 Å². The molecule has 4 rings (SSSR count). The summed E-state index contributed by atoms with van der Waals surface area (Å²) in [6.07, 6.45) is 1.64. The van der Waals surface area contributed by atoms with E-state index < -0.39 is 0 Å². The first-order valence-electron chi connectivity index (χ1n) is 8.55. The summed E-state index contributed by atoms with van der Waals surface area (Å²) in [5, 5.41) is 12.3. The third-order valence-electron chi connectivity index (χ3n) is 4.33. The fraction of sp³-hybridized carbons (Fsp3) is 0.211. The predicted molar refractivity (Wildman–Crippen MR) is 105 cm³/mol. The fourth-order valence-electron chi connectivity index (χ4n) is 3.00. The molecule has 0 amide bonds. The van der Waals surface area contributed by atoms with Gasteiger partial charge in [-0.25, -0.2) is 0 Å². The highest BCUT2D eigenvalue weighted by Crippen LogP contribution is 2.22. The molecule has 26 heavy (non-hydrogen) atoms. The van der Waals surface area contributed by atoms with Gasteiger partial charge in [0.25, 0.3) is 0 Å². The first-order valence-corrected chi connectivity index (χ1v) is 8.93. The van der Waals surface area contributed by atoms with E-state index in [9.17, 15) is 0 Å². The average molecular weight is 367 g/mol. The van der Waals surface area contributed by atoms with Gasteiger partial charge in [0, 0.05) is 42.6 Å². The molecule has 3 aromatic rings. The molecule has 6 nitrogen and oxygen atoms in total. The smallest absolute Gasteiger partial charge is 0.247 e. The largest absolute Gasteiger partial charge is 0.368 e. The van der Waals surface area contributed by atoms with Crippen LogP contribution in [0.25, 0.3) is 0 Å². The number of nitrogens with zero attached hydrogens (tertiary/aromatic N) is 5. The summed E-state index contributed by atoms with van der Waals surface area (Å²) in [5.74, 6) is 1.34. The first kappa shape index (κ1) is 16.6. The zero-order valence-electron chi connectivity index (χ0n) is 14.2. The number of nitrogens with one attached hydrogen (secondary N) is 1. The van der Waals surface area contributed by atoms with Crippen LogP contribution in [-0.4, -0.2) is 41.4 Å². The molecule has 0 saturated carbocycles. The van der Waals surface area contributed by atoms with Crippen LogP contribution in [0.5, 0.6) is 0 Å². The SMILES string of the molecule is Clc1cccc(N2CCN(c3nncc(Nc4ccccc4)n3)CC2)c1. The highest BCUT2D eigenvalue weighted by molar-refractivity contribution is 6.30. The van der Waals surface area contributed by atoms with Crippen molar-refractivity contribution in [2.75, 3.05) is 41.3 Å². The summed E-state index contributed by atoms with van der Waals surface area (Å²) in [6, 6.07) is 17.9. The van der Waals surface area contributed by atoms with Crippen molar-refractivity contribution in [2.24, 2.45) is 0 Å². The number of benzene rings is 2. The molecule has 2 heterocycles. The molecular formula is C19H19ClN6. The number of hydrogen-bond acceptors (Lipinski definition) is 6. The lowest BCUT2D eigenvalue weighted by atomic mass is 10.2. The molecule has 1 aliphatic heterocycles. The third kappa shape index (κ3) is 3.86. The predicted octanol–water partition coefficient (Wildman–Crippen LogP) is 3.60. The van der Waals surface area contributed by atoms with E-state index in [1.807, 2.05) is 48.5 Å². The third-order valence-corrected chi connectivity index (χ3v) is 4.56. The van der Waals surface area contributed by atoms with Crippen molar-refractivity contribution in [3.05, 3.63) is 65.8 Å². The number of piperazine rings is 1. The number of anilines is 4. The molecule has 0 unspecified atom stereocenters. The zero-order chi connectivity index (χ0) is 17.8. The Balaban J connectivity index is 1.42. The Bertz CT molecular complexity index is 865. The lowest BCUT2D eigenvalue weighted by Crippen LogP contribution is -2.47. The van der Waals surface area contributed by atoms with Gasteiger partial charge in [0.2, 0.25) is 5.95 Å². The molecule has 1 fully saturated rings. The molecular weight excluding hydrogens is 348 g/mol. The van der Waals surface area contributed by atoms with Crippen LogP contribution in [0, 0.1) is 0 Å². The van der Waals surface area contributed by atoms with Gasteiger partial charge in [0.15, 0.2) is 5.82 Å². The Morgan fingerprint density at radius 3 is 2.42 bits per heavy atom. The summed E-state index contributed by atoms with van der Waals surface area (Å²) >= 11 is 6.10. The van der Waals surface area contributed by atoms with E-state index in [4.69, 9.17) is 11.6 Å². The van der Waals surface area contributed by atoms with Crippen LogP contribution in [0.2, 0.25) is 5.02 Å². The van der Waals surface area contributed by atoms with Crippen molar-refractivity contribution in [3.63, 3.8) is 0 Å². The van der Waals surface area contributed by atoms with E-state index in [1.165, 1.54) is 0 Å². The van der Waals surface area contributed by atoms with Crippen molar-refractivity contribution in [3.8, 4) is 0 Å². The van der Waals surface area contributed by atoms with Crippen LogP contribution in [0.1, 0.15) is 0 Å². The molecule has 1 saturated heterocycles. The topological polar surface area (TPSA) is 57.2 Å². The van der Waals surface area contributed by atoms with Crippen molar-refractivity contribution in [2.45, 2.75) is 0 Å². The first-order chi connectivity index (χ1) is 12.8. The Kier molecular flexibility index (Phi) is 4.84. The van der Waals surface area contributed by atoms with Crippen molar-refractivity contribution in [1.29, 1.82) is 0 Å². The molecule has 132 valence electrons. The minimum atomic E-state index is 0.650. The van der Waals surface area contributed by atoms with E-state index in [0.717, 1.165) is 42.6 Å². The molecule has 7 heteroatoms. The van der Waals surface area contributed by atoms with E-state index >= 15 is 0 Å². The second-order valence-electron chi connectivity index (χ2n) is 6.09. The Hall–Kier alpha value is -2.86.